The topological polar surface area (TPSA) is 30.3 Å². The molecule has 1 saturated heterocycles. The van der Waals surface area contributed by atoms with Gasteiger partial charge in [-0.25, -0.2) is 4.98 Å². The maximum Gasteiger partial charge on any atom is 0.119 e. The molecular formula is C23H26ClN3O. The third-order valence-corrected chi connectivity index (χ3v) is 5.50. The third-order valence-electron chi connectivity index (χ3n) is 5.25. The average Bonchev–Trinajstić information content (AvgIpc) is 3.42. The van der Waals surface area contributed by atoms with Gasteiger partial charge in [0.2, 0.25) is 0 Å². The van der Waals surface area contributed by atoms with Gasteiger partial charge in [-0.05, 0) is 67.6 Å². The lowest BCUT2D eigenvalue weighted by Crippen LogP contribution is -2.23. The van der Waals surface area contributed by atoms with Gasteiger partial charge < -0.3 is 14.2 Å². The molecule has 146 valence electrons. The number of halogens is 1. The van der Waals surface area contributed by atoms with E-state index < -0.39 is 0 Å². The maximum atomic E-state index is 6.36. The minimum atomic E-state index is 0.0718. The van der Waals surface area contributed by atoms with Crippen molar-refractivity contribution in [1.29, 1.82) is 0 Å². The number of rotatable bonds is 8. The zero-order chi connectivity index (χ0) is 19.2. The lowest BCUT2D eigenvalue weighted by molar-refractivity contribution is 0.170. The third kappa shape index (κ3) is 5.08. The molecule has 0 spiro atoms. The van der Waals surface area contributed by atoms with Crippen molar-refractivity contribution in [2.75, 3.05) is 18.0 Å². The Morgan fingerprint density at radius 2 is 1.75 bits per heavy atom. The minimum Gasteiger partial charge on any atom is -0.489 e. The van der Waals surface area contributed by atoms with Gasteiger partial charge in [0.05, 0.1) is 12.9 Å². The quantitative estimate of drug-likeness (QED) is 0.524. The molecule has 28 heavy (non-hydrogen) atoms. The van der Waals surface area contributed by atoms with Gasteiger partial charge in [0.25, 0.3) is 0 Å². The summed E-state index contributed by atoms with van der Waals surface area (Å²) in [7, 11) is 0. The molecular weight excluding hydrogens is 370 g/mol. The molecule has 1 fully saturated rings. The van der Waals surface area contributed by atoms with E-state index in [1.165, 1.54) is 24.1 Å². The Balaban J connectivity index is 1.41. The van der Waals surface area contributed by atoms with Gasteiger partial charge in [-0.2, -0.15) is 0 Å². The van der Waals surface area contributed by atoms with Crippen molar-refractivity contribution >= 4 is 17.3 Å². The van der Waals surface area contributed by atoms with E-state index in [9.17, 15) is 0 Å². The van der Waals surface area contributed by atoms with Crippen LogP contribution in [0.5, 0.6) is 5.75 Å². The molecule has 2 heterocycles. The van der Waals surface area contributed by atoms with Gasteiger partial charge in [0, 0.05) is 36.2 Å². The molecule has 0 aliphatic carbocycles. The van der Waals surface area contributed by atoms with Crippen LogP contribution in [0.2, 0.25) is 5.02 Å². The molecule has 1 aromatic heterocycles. The Morgan fingerprint density at radius 1 is 1.00 bits per heavy atom. The second-order valence-electron chi connectivity index (χ2n) is 7.35. The zero-order valence-electron chi connectivity index (χ0n) is 16.0. The van der Waals surface area contributed by atoms with Crippen molar-refractivity contribution < 1.29 is 4.74 Å². The van der Waals surface area contributed by atoms with Crippen LogP contribution < -0.4 is 9.64 Å². The number of hydrogen-bond donors (Lipinski definition) is 0. The first-order valence-electron chi connectivity index (χ1n) is 9.98. The molecule has 0 amide bonds. The molecule has 3 aromatic rings. The molecule has 4 rings (SSSR count). The number of benzene rings is 2. The highest BCUT2D eigenvalue weighted by Crippen LogP contribution is 2.24. The number of anilines is 1. The fraction of sp³-hybridized carbons (Fsp3) is 0.348. The van der Waals surface area contributed by atoms with E-state index in [1.807, 2.05) is 24.7 Å². The van der Waals surface area contributed by atoms with E-state index in [0.717, 1.165) is 43.2 Å². The van der Waals surface area contributed by atoms with Gasteiger partial charge in [-0.15, -0.1) is 0 Å². The molecule has 2 aromatic carbocycles. The maximum absolute atomic E-state index is 6.36. The van der Waals surface area contributed by atoms with Gasteiger partial charge in [-0.3, -0.25) is 0 Å². The van der Waals surface area contributed by atoms with Crippen molar-refractivity contribution in [3.05, 3.63) is 77.8 Å². The predicted molar refractivity (Wildman–Crippen MR) is 114 cm³/mol. The first-order chi connectivity index (χ1) is 13.8. The zero-order valence-corrected chi connectivity index (χ0v) is 16.8. The Kier molecular flexibility index (Phi) is 6.17. The molecule has 0 bridgehead atoms. The van der Waals surface area contributed by atoms with Crippen LogP contribution >= 0.6 is 11.6 Å². The van der Waals surface area contributed by atoms with Crippen LogP contribution in [-0.2, 0) is 13.0 Å². The number of hydrogen-bond acceptors (Lipinski definition) is 3. The van der Waals surface area contributed by atoms with Crippen molar-refractivity contribution in [3.8, 4) is 5.75 Å². The summed E-state index contributed by atoms with van der Waals surface area (Å²) in [4.78, 5) is 6.59. The number of aromatic nitrogens is 2. The van der Waals surface area contributed by atoms with Crippen LogP contribution in [-0.4, -0.2) is 28.7 Å². The van der Waals surface area contributed by atoms with E-state index in [1.54, 1.807) is 6.20 Å². The molecule has 1 atom stereocenters. The summed E-state index contributed by atoms with van der Waals surface area (Å²) in [6, 6.07) is 16.6. The molecule has 0 radical (unpaired) electrons. The SMILES string of the molecule is Clc1ccc(CCC(Cn2ccnc2)Oc2ccc(N3CCCC3)cc2)cc1. The van der Waals surface area contributed by atoms with E-state index in [4.69, 9.17) is 16.3 Å². The Hall–Kier alpha value is -2.46. The largest absolute Gasteiger partial charge is 0.489 e. The first kappa shape index (κ1) is 18.9. The van der Waals surface area contributed by atoms with Gasteiger partial charge in [0.15, 0.2) is 0 Å². The van der Waals surface area contributed by atoms with E-state index in [2.05, 4.69) is 50.8 Å². The van der Waals surface area contributed by atoms with E-state index in [0.29, 0.717) is 0 Å². The average molecular weight is 396 g/mol. The summed E-state index contributed by atoms with van der Waals surface area (Å²) in [6.07, 6.45) is 10.1. The van der Waals surface area contributed by atoms with Crippen LogP contribution in [0.25, 0.3) is 0 Å². The van der Waals surface area contributed by atoms with Crippen LogP contribution in [0, 0.1) is 0 Å². The van der Waals surface area contributed by atoms with Gasteiger partial charge in [0.1, 0.15) is 11.9 Å². The first-order valence-corrected chi connectivity index (χ1v) is 10.4. The monoisotopic (exact) mass is 395 g/mol. The highest BCUT2D eigenvalue weighted by Gasteiger charge is 2.14. The van der Waals surface area contributed by atoms with Crippen molar-refractivity contribution in [2.24, 2.45) is 0 Å². The number of imidazole rings is 1. The molecule has 1 aliphatic heterocycles. The molecule has 0 N–H and O–H groups in total. The number of ether oxygens (including phenoxy) is 1. The summed E-state index contributed by atoms with van der Waals surface area (Å²) in [5, 5.41) is 0.771. The minimum absolute atomic E-state index is 0.0718. The van der Waals surface area contributed by atoms with Gasteiger partial charge in [-0.1, -0.05) is 23.7 Å². The summed E-state index contributed by atoms with van der Waals surface area (Å²) in [5.41, 5.74) is 2.56. The number of nitrogens with zero attached hydrogens (tertiary/aromatic N) is 3. The summed E-state index contributed by atoms with van der Waals surface area (Å²) < 4.78 is 8.43. The highest BCUT2D eigenvalue weighted by atomic mass is 35.5. The van der Waals surface area contributed by atoms with Crippen LogP contribution in [0.4, 0.5) is 5.69 Å². The fourth-order valence-electron chi connectivity index (χ4n) is 3.70. The summed E-state index contributed by atoms with van der Waals surface area (Å²) in [5.74, 6) is 0.921. The Labute approximate surface area is 171 Å². The molecule has 5 heteroatoms. The molecule has 1 aliphatic rings. The summed E-state index contributed by atoms with van der Waals surface area (Å²) >= 11 is 6.00. The fourth-order valence-corrected chi connectivity index (χ4v) is 3.83. The standard InChI is InChI=1S/C23H26ClN3O/c24-20-6-3-19(4-7-20)5-10-23(17-26-16-13-25-18-26)28-22-11-8-21(9-12-22)27-14-1-2-15-27/h3-4,6-9,11-13,16,18,23H,1-2,5,10,14-15,17H2. The van der Waals surface area contributed by atoms with Gasteiger partial charge >= 0.3 is 0 Å². The lowest BCUT2D eigenvalue weighted by Gasteiger charge is -2.21. The van der Waals surface area contributed by atoms with Crippen LogP contribution in [0.3, 0.4) is 0 Å². The van der Waals surface area contributed by atoms with E-state index in [-0.39, 0.29) is 6.10 Å². The molecule has 4 nitrogen and oxygen atoms in total. The van der Waals surface area contributed by atoms with E-state index >= 15 is 0 Å². The smallest absolute Gasteiger partial charge is 0.119 e. The predicted octanol–water partition coefficient (Wildman–Crippen LogP) is 5.22. The van der Waals surface area contributed by atoms with Crippen LogP contribution in [0.1, 0.15) is 24.8 Å². The van der Waals surface area contributed by atoms with Crippen molar-refractivity contribution in [3.63, 3.8) is 0 Å². The second kappa shape index (κ2) is 9.16. The lowest BCUT2D eigenvalue weighted by atomic mass is 10.1. The normalized spacial score (nSPS) is 15.0. The molecule has 1 unspecified atom stereocenters. The molecule has 0 saturated carbocycles. The second-order valence-corrected chi connectivity index (χ2v) is 7.79. The Bertz CT molecular complexity index is 841. The van der Waals surface area contributed by atoms with Crippen molar-refractivity contribution in [2.45, 2.75) is 38.3 Å². The Morgan fingerprint density at radius 3 is 2.43 bits per heavy atom. The summed E-state index contributed by atoms with van der Waals surface area (Å²) in [6.45, 7) is 3.09. The van der Waals surface area contributed by atoms with Crippen molar-refractivity contribution in [1.82, 2.24) is 9.55 Å². The highest BCUT2D eigenvalue weighted by molar-refractivity contribution is 6.30. The number of aryl methyl sites for hydroxylation is 1. The van der Waals surface area contributed by atoms with Crippen LogP contribution in [0.15, 0.2) is 67.3 Å².